The molecule has 1 aliphatic rings. The lowest BCUT2D eigenvalue weighted by Gasteiger charge is -2.17. The number of rotatable bonds is 9. The van der Waals surface area contributed by atoms with Crippen LogP contribution in [0.25, 0.3) is 0 Å². The molecular formula is C16H26N2OS. The van der Waals surface area contributed by atoms with Crippen LogP contribution in [0.4, 0.5) is 10.7 Å². The molecule has 0 amide bonds. The third-order valence-electron chi connectivity index (χ3n) is 3.82. The molecule has 2 rings (SSSR count). The molecule has 4 heteroatoms. The molecule has 0 bridgehead atoms. The molecule has 0 saturated heterocycles. The zero-order chi connectivity index (χ0) is 14.5. The Labute approximate surface area is 125 Å². The molecule has 1 fully saturated rings. The third-order valence-corrected chi connectivity index (χ3v) is 4.92. The predicted molar refractivity (Wildman–Crippen MR) is 87.6 cm³/mol. The maximum absolute atomic E-state index is 12.1. The van der Waals surface area contributed by atoms with Crippen LogP contribution >= 0.6 is 11.3 Å². The van der Waals surface area contributed by atoms with Gasteiger partial charge in [0.2, 0.25) is 0 Å². The van der Waals surface area contributed by atoms with E-state index < -0.39 is 0 Å². The lowest BCUT2D eigenvalue weighted by atomic mass is 10.1. The highest BCUT2D eigenvalue weighted by atomic mass is 32.1. The average Bonchev–Trinajstić information content (AvgIpc) is 3.20. The van der Waals surface area contributed by atoms with Crippen molar-refractivity contribution in [1.29, 1.82) is 0 Å². The highest BCUT2D eigenvalue weighted by Gasteiger charge is 2.32. The van der Waals surface area contributed by atoms with Crippen LogP contribution in [-0.2, 0) is 0 Å². The number of carbonyl (C=O) groups excluding carboxylic acids is 1. The van der Waals surface area contributed by atoms with E-state index in [1.54, 1.807) is 0 Å². The fourth-order valence-corrected chi connectivity index (χ4v) is 3.56. The van der Waals surface area contributed by atoms with Gasteiger partial charge in [-0.3, -0.25) is 4.79 Å². The summed E-state index contributed by atoms with van der Waals surface area (Å²) >= 11 is 1.54. The smallest absolute Gasteiger partial charge is 0.178 e. The van der Waals surface area contributed by atoms with E-state index in [0.29, 0.717) is 11.7 Å². The highest BCUT2D eigenvalue weighted by Crippen LogP contribution is 2.39. The quantitative estimate of drug-likeness (QED) is 0.649. The van der Waals surface area contributed by atoms with Crippen molar-refractivity contribution in [3.8, 4) is 0 Å². The van der Waals surface area contributed by atoms with E-state index in [-0.39, 0.29) is 11.7 Å². The summed E-state index contributed by atoms with van der Waals surface area (Å²) in [5.41, 5.74) is 6.66. The van der Waals surface area contributed by atoms with Gasteiger partial charge in [0.05, 0.1) is 15.6 Å². The minimum Gasteiger partial charge on any atom is -0.397 e. The van der Waals surface area contributed by atoms with Crippen molar-refractivity contribution in [3.05, 3.63) is 10.9 Å². The Bertz CT molecular complexity index is 451. The maximum atomic E-state index is 12.1. The topological polar surface area (TPSA) is 55.1 Å². The van der Waals surface area contributed by atoms with Crippen molar-refractivity contribution in [2.24, 2.45) is 5.92 Å². The van der Waals surface area contributed by atoms with Crippen LogP contribution in [0.2, 0.25) is 0 Å². The summed E-state index contributed by atoms with van der Waals surface area (Å²) in [6, 6.07) is 2.44. The highest BCUT2D eigenvalue weighted by molar-refractivity contribution is 7.18. The van der Waals surface area contributed by atoms with Crippen molar-refractivity contribution >= 4 is 27.8 Å². The maximum Gasteiger partial charge on any atom is 0.178 e. The Morgan fingerprint density at radius 2 is 2.15 bits per heavy atom. The van der Waals surface area contributed by atoms with Gasteiger partial charge in [0.25, 0.3) is 0 Å². The number of thiophene rings is 1. The van der Waals surface area contributed by atoms with E-state index in [1.807, 2.05) is 6.07 Å². The first-order valence-electron chi connectivity index (χ1n) is 7.85. The van der Waals surface area contributed by atoms with Crippen LogP contribution in [-0.4, -0.2) is 11.8 Å². The number of unbranched alkanes of at least 4 members (excludes halogenated alkanes) is 1. The number of ketones is 1. The minimum atomic E-state index is 0.246. The number of nitrogens with two attached hydrogens (primary N) is 1. The van der Waals surface area contributed by atoms with Crippen molar-refractivity contribution in [3.63, 3.8) is 0 Å². The summed E-state index contributed by atoms with van der Waals surface area (Å²) in [5.74, 6) is 0.497. The minimum absolute atomic E-state index is 0.246. The summed E-state index contributed by atoms with van der Waals surface area (Å²) < 4.78 is 0. The van der Waals surface area contributed by atoms with E-state index in [4.69, 9.17) is 5.73 Å². The Hall–Kier alpha value is -1.03. The number of hydrogen-bond acceptors (Lipinski definition) is 4. The van der Waals surface area contributed by atoms with Gasteiger partial charge in [0.1, 0.15) is 0 Å². The second kappa shape index (κ2) is 7.11. The molecule has 1 atom stereocenters. The van der Waals surface area contributed by atoms with Crippen molar-refractivity contribution < 1.29 is 4.79 Å². The molecule has 20 heavy (non-hydrogen) atoms. The first kappa shape index (κ1) is 15.4. The first-order valence-corrected chi connectivity index (χ1v) is 8.67. The Morgan fingerprint density at radius 3 is 2.75 bits per heavy atom. The van der Waals surface area contributed by atoms with Gasteiger partial charge in [-0.2, -0.15) is 0 Å². The number of Topliss-reactive ketones (excluding diaryl/α,β-unsaturated/α-hetero) is 1. The van der Waals surface area contributed by atoms with Crippen LogP contribution < -0.4 is 11.1 Å². The molecule has 0 aromatic carbocycles. The molecule has 1 saturated carbocycles. The summed E-state index contributed by atoms with van der Waals surface area (Å²) in [7, 11) is 0. The summed E-state index contributed by atoms with van der Waals surface area (Å²) in [5, 5.41) is 4.63. The normalized spacial score (nSPS) is 16.1. The lowest BCUT2D eigenvalue weighted by Crippen LogP contribution is -2.18. The van der Waals surface area contributed by atoms with Gasteiger partial charge >= 0.3 is 0 Å². The predicted octanol–water partition coefficient (Wildman–Crippen LogP) is 4.69. The Balaban J connectivity index is 2.00. The molecule has 3 nitrogen and oxygen atoms in total. The molecule has 1 unspecified atom stereocenters. The fourth-order valence-electron chi connectivity index (χ4n) is 2.49. The number of nitrogens with one attached hydrogen (secondary N) is 1. The molecule has 1 aliphatic carbocycles. The van der Waals surface area contributed by atoms with Crippen molar-refractivity contribution in [2.45, 2.75) is 64.8 Å². The van der Waals surface area contributed by atoms with Crippen LogP contribution in [0, 0.1) is 5.92 Å². The molecule has 1 heterocycles. The van der Waals surface area contributed by atoms with Crippen molar-refractivity contribution in [1.82, 2.24) is 0 Å². The third kappa shape index (κ3) is 3.98. The molecular weight excluding hydrogens is 268 g/mol. The number of nitrogen functional groups attached to an aromatic ring is 1. The summed E-state index contributed by atoms with van der Waals surface area (Å²) in [6.45, 7) is 4.43. The van der Waals surface area contributed by atoms with Crippen LogP contribution in [0.5, 0.6) is 0 Å². The SMILES string of the molecule is CCCCC(CCC)Nc1cc(N)c(C(=O)C2CC2)s1. The molecule has 0 aliphatic heterocycles. The second-order valence-electron chi connectivity index (χ2n) is 5.81. The van der Waals surface area contributed by atoms with Crippen LogP contribution in [0.1, 0.15) is 68.5 Å². The van der Waals surface area contributed by atoms with Gasteiger partial charge in [0.15, 0.2) is 5.78 Å². The largest absolute Gasteiger partial charge is 0.397 e. The fraction of sp³-hybridized carbons (Fsp3) is 0.688. The van der Waals surface area contributed by atoms with Gasteiger partial charge in [0, 0.05) is 12.0 Å². The van der Waals surface area contributed by atoms with Crippen LogP contribution in [0.15, 0.2) is 6.07 Å². The monoisotopic (exact) mass is 294 g/mol. The van der Waals surface area contributed by atoms with E-state index in [0.717, 1.165) is 22.7 Å². The van der Waals surface area contributed by atoms with Crippen LogP contribution in [0.3, 0.4) is 0 Å². The van der Waals surface area contributed by atoms with Gasteiger partial charge in [-0.15, -0.1) is 11.3 Å². The van der Waals surface area contributed by atoms with Gasteiger partial charge in [-0.25, -0.2) is 0 Å². The summed E-state index contributed by atoms with van der Waals surface area (Å²) in [4.78, 5) is 12.9. The van der Waals surface area contributed by atoms with E-state index in [1.165, 1.54) is 43.4 Å². The lowest BCUT2D eigenvalue weighted by molar-refractivity contribution is 0.0972. The average molecular weight is 294 g/mol. The molecule has 1 aromatic rings. The molecule has 0 spiro atoms. The van der Waals surface area contributed by atoms with E-state index in [2.05, 4.69) is 19.2 Å². The van der Waals surface area contributed by atoms with E-state index >= 15 is 0 Å². The zero-order valence-electron chi connectivity index (χ0n) is 12.6. The standard InChI is InChI=1S/C16H26N2OS/c1-3-5-7-12(6-4-2)18-14-10-13(17)16(20-14)15(19)11-8-9-11/h10-12,18H,3-9,17H2,1-2H3. The van der Waals surface area contributed by atoms with Gasteiger partial charge in [-0.05, 0) is 31.7 Å². The van der Waals surface area contributed by atoms with E-state index in [9.17, 15) is 4.79 Å². The number of carbonyl (C=O) groups is 1. The molecule has 3 N–H and O–H groups in total. The number of anilines is 2. The van der Waals surface area contributed by atoms with Gasteiger partial charge < -0.3 is 11.1 Å². The zero-order valence-corrected chi connectivity index (χ0v) is 13.4. The Kier molecular flexibility index (Phi) is 5.46. The van der Waals surface area contributed by atoms with Gasteiger partial charge in [-0.1, -0.05) is 33.1 Å². The Morgan fingerprint density at radius 1 is 1.40 bits per heavy atom. The number of hydrogen-bond donors (Lipinski definition) is 2. The van der Waals surface area contributed by atoms with Crippen molar-refractivity contribution in [2.75, 3.05) is 11.1 Å². The molecule has 112 valence electrons. The summed E-state index contributed by atoms with van der Waals surface area (Å²) in [6.07, 6.45) is 8.07. The second-order valence-corrected chi connectivity index (χ2v) is 6.86. The molecule has 0 radical (unpaired) electrons. The molecule has 1 aromatic heterocycles. The first-order chi connectivity index (χ1) is 9.65.